The smallest absolute Gasteiger partial charge is 0.251 e. The molecule has 1 aliphatic heterocycles. The Kier molecular flexibility index (Phi) is 16.3. The molecule has 4 aromatic rings. The number of likely N-dealkylation sites (tertiary alicyclic amines) is 1. The Bertz CT molecular complexity index is 2390. The van der Waals surface area contributed by atoms with Crippen molar-refractivity contribution in [2.24, 2.45) is 16.2 Å². The number of aliphatic hydroxyl groups is 1. The van der Waals surface area contributed by atoms with Gasteiger partial charge in [-0.2, -0.15) is 5.26 Å². The first-order valence-electron chi connectivity index (χ1n) is 22.8. The van der Waals surface area contributed by atoms with Gasteiger partial charge in [0.25, 0.3) is 5.91 Å². The number of nitrogens with one attached hydrogen (secondary N) is 4. The molecule has 5 N–H and O–H groups in total. The first-order valence-corrected chi connectivity index (χ1v) is 23.2. The van der Waals surface area contributed by atoms with Crippen molar-refractivity contribution < 1.29 is 33.8 Å². The van der Waals surface area contributed by atoms with Crippen LogP contribution in [0, 0.1) is 27.6 Å². The number of nitriles is 1. The number of carbonyl (C=O) groups excluding carboxylic acids is 4. The Morgan fingerprint density at radius 3 is 2.27 bits per heavy atom. The van der Waals surface area contributed by atoms with Crippen LogP contribution in [0.25, 0.3) is 11.1 Å². The van der Waals surface area contributed by atoms with Crippen LogP contribution in [0.4, 0.5) is 5.69 Å². The van der Waals surface area contributed by atoms with E-state index in [0.717, 1.165) is 41.6 Å². The van der Waals surface area contributed by atoms with E-state index in [1.165, 1.54) is 11.2 Å². The van der Waals surface area contributed by atoms with Gasteiger partial charge in [0.2, 0.25) is 17.7 Å². The number of carbonyl (C=O) groups is 4. The van der Waals surface area contributed by atoms with Gasteiger partial charge in [-0.1, -0.05) is 84.3 Å². The minimum Gasteiger partial charge on any atom is -0.489 e. The SMILES string of the molecule is CC1(C)C(NC(=O)c2ccc(NCCCCCOCC(=O)N[C@H](C(=O)N3C[C@H](O)C[C@H]3C(=O)NCc3ccc(-c4cncnc4)cc3)C(C)(C)C)cc2)C(C)(C)C1Oc1ccc(C#N)c(Cl)c1. The second kappa shape index (κ2) is 21.7. The van der Waals surface area contributed by atoms with E-state index in [0.29, 0.717) is 35.1 Å². The van der Waals surface area contributed by atoms with Gasteiger partial charge in [0.05, 0.1) is 16.7 Å². The summed E-state index contributed by atoms with van der Waals surface area (Å²) >= 11 is 6.24. The highest BCUT2D eigenvalue weighted by Gasteiger charge is 2.64. The highest BCUT2D eigenvalue weighted by Crippen LogP contribution is 2.55. The van der Waals surface area contributed by atoms with E-state index >= 15 is 0 Å². The van der Waals surface area contributed by atoms with Crippen LogP contribution in [0.15, 0.2) is 85.5 Å². The Morgan fingerprint density at radius 1 is 0.940 bits per heavy atom. The van der Waals surface area contributed by atoms with E-state index in [1.807, 2.05) is 57.2 Å². The summed E-state index contributed by atoms with van der Waals surface area (Å²) in [6.45, 7) is 14.8. The number of nitrogens with zero attached hydrogens (tertiary/aromatic N) is 4. The highest BCUT2D eigenvalue weighted by molar-refractivity contribution is 6.31. The third kappa shape index (κ3) is 12.5. The van der Waals surface area contributed by atoms with Crippen LogP contribution < -0.4 is 26.0 Å². The van der Waals surface area contributed by atoms with E-state index in [1.54, 1.807) is 42.7 Å². The summed E-state index contributed by atoms with van der Waals surface area (Å²) in [6.07, 6.45) is 6.36. The largest absolute Gasteiger partial charge is 0.489 e. The predicted molar refractivity (Wildman–Crippen MR) is 256 cm³/mol. The lowest BCUT2D eigenvalue weighted by Gasteiger charge is -2.63. The second-order valence-corrected chi connectivity index (χ2v) is 20.1. The number of benzene rings is 3. The fraction of sp³-hybridized carbons (Fsp3) is 0.471. The van der Waals surface area contributed by atoms with Crippen molar-refractivity contribution in [3.8, 4) is 22.9 Å². The van der Waals surface area contributed by atoms with Gasteiger partial charge in [0.1, 0.15) is 42.9 Å². The molecule has 4 amide bonds. The van der Waals surface area contributed by atoms with Crippen molar-refractivity contribution >= 4 is 40.9 Å². The first-order chi connectivity index (χ1) is 31.8. The summed E-state index contributed by atoms with van der Waals surface area (Å²) in [5, 5.41) is 32.5. The van der Waals surface area contributed by atoms with Gasteiger partial charge in [-0.05, 0) is 72.2 Å². The molecule has 2 aliphatic rings. The molecule has 0 radical (unpaired) electrons. The van der Waals surface area contributed by atoms with Gasteiger partial charge >= 0.3 is 0 Å². The zero-order chi connectivity index (χ0) is 48.5. The number of hydrogen-bond acceptors (Lipinski definition) is 11. The normalized spacial score (nSPS) is 19.9. The minimum atomic E-state index is -0.953. The van der Waals surface area contributed by atoms with Crippen LogP contribution in [-0.2, 0) is 25.7 Å². The number of unbranched alkanes of at least 4 members (excludes halogenated alkanes) is 2. The molecule has 1 aromatic heterocycles. The maximum Gasteiger partial charge on any atom is 0.251 e. The summed E-state index contributed by atoms with van der Waals surface area (Å²) in [6, 6.07) is 20.1. The van der Waals surface area contributed by atoms with Crippen molar-refractivity contribution in [2.45, 2.75) is 111 Å². The number of amides is 4. The van der Waals surface area contributed by atoms with Gasteiger partial charge in [-0.15, -0.1) is 0 Å². The van der Waals surface area contributed by atoms with Gasteiger partial charge in [-0.3, -0.25) is 19.2 Å². The Hall–Kier alpha value is -6.08. The number of halogens is 1. The molecule has 3 aromatic carbocycles. The lowest BCUT2D eigenvalue weighted by Crippen LogP contribution is -2.74. The molecule has 1 aliphatic carbocycles. The van der Waals surface area contributed by atoms with Gasteiger partial charge in [0.15, 0.2) is 0 Å². The number of aromatic nitrogens is 2. The van der Waals surface area contributed by atoms with E-state index in [4.69, 9.17) is 21.1 Å². The fourth-order valence-corrected chi connectivity index (χ4v) is 9.56. The highest BCUT2D eigenvalue weighted by atomic mass is 35.5. The van der Waals surface area contributed by atoms with Crippen molar-refractivity contribution in [3.63, 3.8) is 0 Å². The molecule has 3 atom stereocenters. The zero-order valence-corrected chi connectivity index (χ0v) is 40.2. The topological polar surface area (TPSA) is 208 Å². The van der Waals surface area contributed by atoms with Crippen molar-refractivity contribution in [1.29, 1.82) is 5.26 Å². The molecule has 15 nitrogen and oxygen atoms in total. The van der Waals surface area contributed by atoms with E-state index in [2.05, 4.69) is 65.0 Å². The monoisotopic (exact) mass is 934 g/mol. The summed E-state index contributed by atoms with van der Waals surface area (Å²) < 4.78 is 12.0. The number of anilines is 1. The number of ether oxygens (including phenoxy) is 2. The Morgan fingerprint density at radius 2 is 1.63 bits per heavy atom. The summed E-state index contributed by atoms with van der Waals surface area (Å²) in [4.78, 5) is 63.3. The lowest BCUT2D eigenvalue weighted by atomic mass is 9.49. The Labute approximate surface area is 398 Å². The van der Waals surface area contributed by atoms with Crippen molar-refractivity contribution in [1.82, 2.24) is 30.8 Å². The molecule has 2 heterocycles. The van der Waals surface area contributed by atoms with Gasteiger partial charge in [-0.25, -0.2) is 9.97 Å². The van der Waals surface area contributed by atoms with Crippen LogP contribution in [0.3, 0.4) is 0 Å². The van der Waals surface area contributed by atoms with Crippen LogP contribution in [0.2, 0.25) is 5.02 Å². The van der Waals surface area contributed by atoms with E-state index < -0.39 is 35.4 Å². The molecule has 1 saturated heterocycles. The molecule has 2 fully saturated rings. The molecule has 67 heavy (non-hydrogen) atoms. The maximum atomic E-state index is 14.0. The number of β-amino-alcohol motifs (C(OH)–C–C–N with tert-alkyl or cyclic N) is 1. The van der Waals surface area contributed by atoms with Crippen LogP contribution in [-0.4, -0.2) is 100 Å². The lowest BCUT2D eigenvalue weighted by molar-refractivity contribution is -0.164. The van der Waals surface area contributed by atoms with Crippen molar-refractivity contribution in [2.75, 3.05) is 31.6 Å². The number of aliphatic hydroxyl groups excluding tert-OH is 1. The van der Waals surface area contributed by atoms with Crippen LogP contribution >= 0.6 is 11.6 Å². The second-order valence-electron chi connectivity index (χ2n) is 19.7. The van der Waals surface area contributed by atoms with E-state index in [-0.39, 0.29) is 60.9 Å². The van der Waals surface area contributed by atoms with Gasteiger partial charge < -0.3 is 40.7 Å². The summed E-state index contributed by atoms with van der Waals surface area (Å²) in [5.74, 6) is -0.847. The molecular weight excluding hydrogens is 872 g/mol. The van der Waals surface area contributed by atoms with Crippen molar-refractivity contribution in [3.05, 3.63) is 107 Å². The third-order valence-electron chi connectivity index (χ3n) is 12.7. The quantitative estimate of drug-likeness (QED) is 0.0626. The zero-order valence-electron chi connectivity index (χ0n) is 39.4. The number of hydrogen-bond donors (Lipinski definition) is 5. The molecule has 356 valence electrons. The number of rotatable bonds is 19. The molecule has 0 spiro atoms. The summed E-state index contributed by atoms with van der Waals surface area (Å²) in [5.41, 5.74) is 3.06. The average Bonchev–Trinajstić information content (AvgIpc) is 3.70. The third-order valence-corrected chi connectivity index (χ3v) is 13.0. The fourth-order valence-electron chi connectivity index (χ4n) is 9.35. The van der Waals surface area contributed by atoms with Crippen LogP contribution in [0.5, 0.6) is 5.75 Å². The molecule has 0 unspecified atom stereocenters. The Balaban J connectivity index is 0.877. The first kappa shape index (κ1) is 50.3. The summed E-state index contributed by atoms with van der Waals surface area (Å²) in [7, 11) is 0. The molecular formula is C51H63ClN8O7. The average molecular weight is 936 g/mol. The maximum absolute atomic E-state index is 14.0. The van der Waals surface area contributed by atoms with Gasteiger partial charge in [0, 0.05) is 84.8 Å². The standard InChI is InChI=1S/C51H63ClN8O7/c1-49(2,3)43(46(65)60-29-38(61)23-41(60)45(64)57-26-32-11-13-33(14-12-32)36-27-54-31-55-28-36)58-42(62)30-66-22-10-8-9-21-56-37-18-15-34(16-19-37)44(63)59-47-50(4,5)48(51(47,6)7)67-39-20-17-35(25-53)40(52)24-39/h11-20,24,27-28,31,38,41,43,47-48,56,61H,8-10,21-23,26,29-30H2,1-7H3,(H,57,64)(H,58,62)(H,59,63)/t38-,41+,43-,47?,48?/m1/s1. The minimum absolute atomic E-state index is 0.0169. The molecule has 0 bridgehead atoms. The molecule has 1 saturated carbocycles. The molecule has 6 rings (SSSR count). The van der Waals surface area contributed by atoms with Crippen LogP contribution in [0.1, 0.15) is 95.6 Å². The van der Waals surface area contributed by atoms with E-state index in [9.17, 15) is 29.5 Å². The molecule has 16 heteroatoms. The predicted octanol–water partition coefficient (Wildman–Crippen LogP) is 6.69.